The molecule has 1 atom stereocenters. The molecule has 166 valence electrons. The van der Waals surface area contributed by atoms with Crippen molar-refractivity contribution < 1.29 is 4.79 Å². The SMILES string of the molecule is CC[C@@H](C(=O)Nc1ccc(N2CCCN(Cc3ccccc3)CC2)nc1)c1ccccc1. The molecule has 2 aromatic carbocycles. The van der Waals surface area contributed by atoms with Crippen molar-refractivity contribution in [1.29, 1.82) is 0 Å². The topological polar surface area (TPSA) is 48.5 Å². The number of carbonyl (C=O) groups excluding carboxylic acids is 1. The fourth-order valence-electron chi connectivity index (χ4n) is 4.33. The van der Waals surface area contributed by atoms with Crippen molar-refractivity contribution >= 4 is 17.4 Å². The lowest BCUT2D eigenvalue weighted by Crippen LogP contribution is -2.31. The molecule has 0 spiro atoms. The van der Waals surface area contributed by atoms with Gasteiger partial charge in [0, 0.05) is 32.7 Å². The molecular weight excluding hydrogens is 396 g/mol. The van der Waals surface area contributed by atoms with Gasteiger partial charge in [0.05, 0.1) is 17.8 Å². The van der Waals surface area contributed by atoms with E-state index < -0.39 is 0 Å². The molecule has 1 amide bonds. The van der Waals surface area contributed by atoms with Crippen LogP contribution >= 0.6 is 0 Å². The van der Waals surface area contributed by atoms with Gasteiger partial charge in [0.15, 0.2) is 0 Å². The van der Waals surface area contributed by atoms with Crippen molar-refractivity contribution in [1.82, 2.24) is 9.88 Å². The third kappa shape index (κ3) is 5.74. The maximum atomic E-state index is 12.8. The van der Waals surface area contributed by atoms with E-state index in [1.807, 2.05) is 49.4 Å². The molecular formula is C27H32N4O. The molecule has 1 N–H and O–H groups in total. The Labute approximate surface area is 191 Å². The molecule has 1 aliphatic heterocycles. The van der Waals surface area contributed by atoms with E-state index in [0.29, 0.717) is 0 Å². The van der Waals surface area contributed by atoms with Gasteiger partial charge < -0.3 is 10.2 Å². The third-order valence-electron chi connectivity index (χ3n) is 6.10. The van der Waals surface area contributed by atoms with Crippen LogP contribution in [0.3, 0.4) is 0 Å². The van der Waals surface area contributed by atoms with Gasteiger partial charge in [0.1, 0.15) is 5.82 Å². The smallest absolute Gasteiger partial charge is 0.231 e. The minimum Gasteiger partial charge on any atom is -0.355 e. The molecule has 0 bridgehead atoms. The first-order valence-electron chi connectivity index (χ1n) is 11.6. The van der Waals surface area contributed by atoms with Crippen LogP contribution in [0.4, 0.5) is 11.5 Å². The molecule has 0 radical (unpaired) electrons. The van der Waals surface area contributed by atoms with Crippen LogP contribution in [-0.4, -0.2) is 42.0 Å². The summed E-state index contributed by atoms with van der Waals surface area (Å²) in [6, 6.07) is 24.6. The van der Waals surface area contributed by atoms with Gasteiger partial charge in [-0.3, -0.25) is 9.69 Å². The van der Waals surface area contributed by atoms with E-state index >= 15 is 0 Å². The number of pyridine rings is 1. The molecule has 1 aliphatic rings. The molecule has 0 saturated carbocycles. The molecule has 5 nitrogen and oxygen atoms in total. The quantitative estimate of drug-likeness (QED) is 0.580. The van der Waals surface area contributed by atoms with E-state index in [-0.39, 0.29) is 11.8 Å². The highest BCUT2D eigenvalue weighted by atomic mass is 16.1. The van der Waals surface area contributed by atoms with Crippen molar-refractivity contribution in [2.75, 3.05) is 36.4 Å². The van der Waals surface area contributed by atoms with Crippen LogP contribution in [0.1, 0.15) is 36.8 Å². The zero-order valence-corrected chi connectivity index (χ0v) is 18.8. The van der Waals surface area contributed by atoms with E-state index in [4.69, 9.17) is 0 Å². The summed E-state index contributed by atoms with van der Waals surface area (Å²) < 4.78 is 0. The van der Waals surface area contributed by atoms with E-state index in [9.17, 15) is 4.79 Å². The molecule has 1 fully saturated rings. The summed E-state index contributed by atoms with van der Waals surface area (Å²) >= 11 is 0. The van der Waals surface area contributed by atoms with Crippen LogP contribution in [-0.2, 0) is 11.3 Å². The highest BCUT2D eigenvalue weighted by Gasteiger charge is 2.19. The minimum absolute atomic E-state index is 0.0135. The Kier molecular flexibility index (Phi) is 7.51. The number of nitrogens with one attached hydrogen (secondary N) is 1. The number of benzene rings is 2. The highest BCUT2D eigenvalue weighted by molar-refractivity contribution is 5.95. The van der Waals surface area contributed by atoms with Gasteiger partial charge in [0.25, 0.3) is 0 Å². The Morgan fingerprint density at radius 3 is 2.38 bits per heavy atom. The molecule has 4 rings (SSSR count). The van der Waals surface area contributed by atoms with Crippen LogP contribution in [0.15, 0.2) is 79.0 Å². The van der Waals surface area contributed by atoms with Crippen LogP contribution < -0.4 is 10.2 Å². The number of amides is 1. The summed E-state index contributed by atoms with van der Waals surface area (Å²) in [6.45, 7) is 7.10. The standard InChI is InChI=1S/C27H32N4O/c1-2-25(23-12-7-4-8-13-23)27(32)29-24-14-15-26(28-20-24)31-17-9-16-30(18-19-31)21-22-10-5-3-6-11-22/h3-8,10-15,20,25H,2,9,16-19,21H2,1H3,(H,29,32)/t25-/m1/s1. The van der Waals surface area contributed by atoms with E-state index in [1.54, 1.807) is 6.20 Å². The molecule has 0 aliphatic carbocycles. The van der Waals surface area contributed by atoms with Crippen molar-refractivity contribution in [3.05, 3.63) is 90.1 Å². The normalized spacial score (nSPS) is 15.7. The summed E-state index contributed by atoms with van der Waals surface area (Å²) in [5.41, 5.74) is 3.15. The van der Waals surface area contributed by atoms with Gasteiger partial charge in [-0.25, -0.2) is 4.98 Å². The van der Waals surface area contributed by atoms with Gasteiger partial charge in [-0.15, -0.1) is 0 Å². The van der Waals surface area contributed by atoms with Gasteiger partial charge in [-0.05, 0) is 36.1 Å². The average molecular weight is 429 g/mol. The predicted molar refractivity (Wildman–Crippen MR) is 131 cm³/mol. The van der Waals surface area contributed by atoms with Crippen LogP contribution in [0, 0.1) is 0 Å². The molecule has 3 aromatic rings. The summed E-state index contributed by atoms with van der Waals surface area (Å²) in [4.78, 5) is 22.3. The monoisotopic (exact) mass is 428 g/mol. The van der Waals surface area contributed by atoms with Crippen molar-refractivity contribution in [3.63, 3.8) is 0 Å². The first kappa shape index (κ1) is 22.0. The second-order valence-corrected chi connectivity index (χ2v) is 8.37. The molecule has 32 heavy (non-hydrogen) atoms. The van der Waals surface area contributed by atoms with Crippen LogP contribution in [0.5, 0.6) is 0 Å². The number of anilines is 2. The highest BCUT2D eigenvalue weighted by Crippen LogP contribution is 2.22. The van der Waals surface area contributed by atoms with Crippen LogP contribution in [0.25, 0.3) is 0 Å². The molecule has 5 heteroatoms. The lowest BCUT2D eigenvalue weighted by Gasteiger charge is -2.23. The number of rotatable bonds is 7. The lowest BCUT2D eigenvalue weighted by atomic mass is 9.95. The predicted octanol–water partition coefficient (Wildman–Crippen LogP) is 4.93. The fraction of sp³-hybridized carbons (Fsp3) is 0.333. The Morgan fingerprint density at radius 2 is 1.69 bits per heavy atom. The Hall–Kier alpha value is -3.18. The van der Waals surface area contributed by atoms with E-state index in [1.165, 1.54) is 5.56 Å². The zero-order valence-electron chi connectivity index (χ0n) is 18.8. The minimum atomic E-state index is -0.155. The maximum Gasteiger partial charge on any atom is 0.231 e. The lowest BCUT2D eigenvalue weighted by molar-refractivity contribution is -0.117. The summed E-state index contributed by atoms with van der Waals surface area (Å²) in [5.74, 6) is 0.830. The molecule has 1 saturated heterocycles. The molecule has 2 heterocycles. The first-order valence-corrected chi connectivity index (χ1v) is 11.6. The Bertz CT molecular complexity index is 976. The first-order chi connectivity index (χ1) is 15.7. The second-order valence-electron chi connectivity index (χ2n) is 8.37. The summed E-state index contributed by atoms with van der Waals surface area (Å²) in [6.07, 6.45) is 3.65. The van der Waals surface area contributed by atoms with Crippen molar-refractivity contribution in [2.24, 2.45) is 0 Å². The number of nitrogens with zero attached hydrogens (tertiary/aromatic N) is 3. The van der Waals surface area contributed by atoms with Gasteiger partial charge >= 0.3 is 0 Å². The maximum absolute atomic E-state index is 12.8. The zero-order chi connectivity index (χ0) is 22.2. The van der Waals surface area contributed by atoms with Gasteiger partial charge in [-0.1, -0.05) is 67.6 Å². The number of carbonyl (C=O) groups is 1. The summed E-state index contributed by atoms with van der Waals surface area (Å²) in [7, 11) is 0. The van der Waals surface area contributed by atoms with Crippen LogP contribution in [0.2, 0.25) is 0 Å². The molecule has 0 unspecified atom stereocenters. The molecule has 1 aromatic heterocycles. The second kappa shape index (κ2) is 10.9. The number of hydrogen-bond donors (Lipinski definition) is 1. The van der Waals surface area contributed by atoms with Gasteiger partial charge in [-0.2, -0.15) is 0 Å². The van der Waals surface area contributed by atoms with E-state index in [0.717, 1.165) is 62.6 Å². The fourth-order valence-corrected chi connectivity index (χ4v) is 4.33. The third-order valence-corrected chi connectivity index (χ3v) is 6.10. The number of aromatic nitrogens is 1. The number of hydrogen-bond acceptors (Lipinski definition) is 4. The van der Waals surface area contributed by atoms with Gasteiger partial charge in [0.2, 0.25) is 5.91 Å². The van der Waals surface area contributed by atoms with Crippen molar-refractivity contribution in [2.45, 2.75) is 32.2 Å². The summed E-state index contributed by atoms with van der Waals surface area (Å²) in [5, 5.41) is 3.04. The largest absolute Gasteiger partial charge is 0.355 e. The van der Waals surface area contributed by atoms with Crippen molar-refractivity contribution in [3.8, 4) is 0 Å². The Morgan fingerprint density at radius 1 is 0.938 bits per heavy atom. The average Bonchev–Trinajstić information content (AvgIpc) is 3.07. The Balaban J connectivity index is 1.33. The van der Waals surface area contributed by atoms with E-state index in [2.05, 4.69) is 50.4 Å².